The van der Waals surface area contributed by atoms with Crippen molar-refractivity contribution in [1.82, 2.24) is 0 Å². The third kappa shape index (κ3) is 2.84. The number of carbonyl (C=O) groups excluding carboxylic acids is 1. The topological polar surface area (TPSA) is 26.3 Å². The molecule has 0 bridgehead atoms. The molecule has 86 valence electrons. The van der Waals surface area contributed by atoms with Crippen molar-refractivity contribution in [3.8, 4) is 0 Å². The largest absolute Gasteiger partial charge is 0.463 e. The van der Waals surface area contributed by atoms with Crippen molar-refractivity contribution in [3.63, 3.8) is 0 Å². The monoisotopic (exact) mass is 218 g/mol. The third-order valence-corrected chi connectivity index (χ3v) is 3.37. The molecular weight excluding hydrogens is 200 g/mol. The second-order valence-corrected chi connectivity index (χ2v) is 4.48. The molecule has 0 unspecified atom stereocenters. The van der Waals surface area contributed by atoms with Gasteiger partial charge >= 0.3 is 0 Å². The van der Waals surface area contributed by atoms with Crippen LogP contribution in [0.15, 0.2) is 24.3 Å². The van der Waals surface area contributed by atoms with E-state index in [1.807, 2.05) is 0 Å². The van der Waals surface area contributed by atoms with Crippen LogP contribution in [-0.2, 0) is 16.1 Å². The Hall–Kier alpha value is -1.31. The molecule has 1 fully saturated rings. The summed E-state index contributed by atoms with van der Waals surface area (Å²) in [5.74, 6) is 0.745. The van der Waals surface area contributed by atoms with E-state index >= 15 is 0 Å². The molecule has 16 heavy (non-hydrogen) atoms. The van der Waals surface area contributed by atoms with E-state index in [0.717, 1.165) is 11.5 Å². The Morgan fingerprint density at radius 1 is 1.12 bits per heavy atom. The first kappa shape index (κ1) is 11.2. The van der Waals surface area contributed by atoms with Crippen LogP contribution in [0.25, 0.3) is 0 Å². The molecule has 0 amide bonds. The van der Waals surface area contributed by atoms with Gasteiger partial charge in [-0.25, -0.2) is 0 Å². The van der Waals surface area contributed by atoms with Crippen LogP contribution in [0.5, 0.6) is 0 Å². The molecule has 0 aromatic heterocycles. The first-order chi connectivity index (χ1) is 7.90. The van der Waals surface area contributed by atoms with E-state index in [1.165, 1.54) is 37.7 Å². The number of ether oxygens (including phenoxy) is 1. The second-order valence-electron chi connectivity index (χ2n) is 4.48. The second kappa shape index (κ2) is 5.69. The Morgan fingerprint density at radius 2 is 1.81 bits per heavy atom. The standard InChI is InChI=1S/C14H18O2/c15-11-16-10-12-6-8-14(9-7-12)13-4-2-1-3-5-13/h6-9,11,13H,1-5,10H2. The zero-order valence-corrected chi connectivity index (χ0v) is 9.52. The van der Waals surface area contributed by atoms with Gasteiger partial charge in [-0.2, -0.15) is 0 Å². The number of hydrogen-bond donors (Lipinski definition) is 0. The number of carbonyl (C=O) groups is 1. The number of benzene rings is 1. The van der Waals surface area contributed by atoms with Gasteiger partial charge in [0.1, 0.15) is 6.61 Å². The van der Waals surface area contributed by atoms with Crippen LogP contribution in [-0.4, -0.2) is 6.47 Å². The van der Waals surface area contributed by atoms with Gasteiger partial charge in [0, 0.05) is 0 Å². The van der Waals surface area contributed by atoms with Gasteiger partial charge in [0.05, 0.1) is 0 Å². The zero-order valence-electron chi connectivity index (χ0n) is 9.52. The quantitative estimate of drug-likeness (QED) is 0.724. The Bertz CT molecular complexity index is 323. The van der Waals surface area contributed by atoms with E-state index in [1.54, 1.807) is 0 Å². The average molecular weight is 218 g/mol. The molecule has 1 aliphatic rings. The molecular formula is C14H18O2. The molecule has 1 aliphatic carbocycles. The molecule has 0 N–H and O–H groups in total. The summed E-state index contributed by atoms with van der Waals surface area (Å²) in [5.41, 5.74) is 2.50. The summed E-state index contributed by atoms with van der Waals surface area (Å²) in [5, 5.41) is 0. The van der Waals surface area contributed by atoms with E-state index in [9.17, 15) is 4.79 Å². The summed E-state index contributed by atoms with van der Waals surface area (Å²) >= 11 is 0. The first-order valence-corrected chi connectivity index (χ1v) is 6.04. The molecule has 0 aliphatic heterocycles. The Balaban J connectivity index is 1.97. The maximum Gasteiger partial charge on any atom is 0.293 e. The fraction of sp³-hybridized carbons (Fsp3) is 0.500. The molecule has 0 atom stereocenters. The summed E-state index contributed by atoms with van der Waals surface area (Å²) in [4.78, 5) is 10.1. The third-order valence-electron chi connectivity index (χ3n) is 3.37. The van der Waals surface area contributed by atoms with Crippen molar-refractivity contribution < 1.29 is 9.53 Å². The van der Waals surface area contributed by atoms with Crippen molar-refractivity contribution in [2.45, 2.75) is 44.6 Å². The number of hydrogen-bond acceptors (Lipinski definition) is 2. The SMILES string of the molecule is O=COCc1ccc(C2CCCCC2)cc1. The van der Waals surface area contributed by atoms with Gasteiger partial charge in [0.2, 0.25) is 0 Å². The predicted molar refractivity (Wildman–Crippen MR) is 63.1 cm³/mol. The highest BCUT2D eigenvalue weighted by Gasteiger charge is 2.14. The molecule has 2 nitrogen and oxygen atoms in total. The van der Waals surface area contributed by atoms with Crippen LogP contribution < -0.4 is 0 Å². The predicted octanol–water partition coefficient (Wildman–Crippen LogP) is 3.41. The van der Waals surface area contributed by atoms with Crippen LogP contribution in [0.1, 0.15) is 49.1 Å². The Labute approximate surface area is 96.6 Å². The van der Waals surface area contributed by atoms with Gasteiger partial charge in [-0.1, -0.05) is 43.5 Å². The fourth-order valence-electron chi connectivity index (χ4n) is 2.45. The molecule has 0 radical (unpaired) electrons. The number of rotatable bonds is 4. The lowest BCUT2D eigenvalue weighted by molar-refractivity contribution is -0.129. The highest BCUT2D eigenvalue weighted by Crippen LogP contribution is 2.32. The molecule has 0 saturated heterocycles. The fourth-order valence-corrected chi connectivity index (χ4v) is 2.45. The zero-order chi connectivity index (χ0) is 11.2. The smallest absolute Gasteiger partial charge is 0.293 e. The van der Waals surface area contributed by atoms with Crippen LogP contribution >= 0.6 is 0 Å². The molecule has 2 heteroatoms. The van der Waals surface area contributed by atoms with Gasteiger partial charge in [-0.15, -0.1) is 0 Å². The highest BCUT2D eigenvalue weighted by atomic mass is 16.5. The minimum atomic E-state index is 0.383. The summed E-state index contributed by atoms with van der Waals surface area (Å²) in [6.07, 6.45) is 6.76. The van der Waals surface area contributed by atoms with E-state index in [2.05, 4.69) is 24.3 Å². The van der Waals surface area contributed by atoms with Crippen molar-refractivity contribution in [2.75, 3.05) is 0 Å². The molecule has 1 saturated carbocycles. The molecule has 1 aromatic rings. The minimum Gasteiger partial charge on any atom is -0.463 e. The van der Waals surface area contributed by atoms with Gasteiger partial charge < -0.3 is 4.74 Å². The van der Waals surface area contributed by atoms with Gasteiger partial charge in [0.15, 0.2) is 0 Å². The highest BCUT2D eigenvalue weighted by molar-refractivity contribution is 5.37. The summed E-state index contributed by atoms with van der Waals surface area (Å²) in [7, 11) is 0. The Kier molecular flexibility index (Phi) is 3.97. The molecule has 0 spiro atoms. The van der Waals surface area contributed by atoms with Gasteiger partial charge in [0.25, 0.3) is 6.47 Å². The maximum absolute atomic E-state index is 10.1. The van der Waals surface area contributed by atoms with E-state index < -0.39 is 0 Å². The summed E-state index contributed by atoms with van der Waals surface area (Å²) in [6, 6.07) is 8.49. The molecule has 2 rings (SSSR count). The summed E-state index contributed by atoms with van der Waals surface area (Å²) in [6.45, 7) is 0.878. The maximum atomic E-state index is 10.1. The van der Waals surface area contributed by atoms with Crippen LogP contribution in [0.4, 0.5) is 0 Å². The van der Waals surface area contributed by atoms with Crippen molar-refractivity contribution in [1.29, 1.82) is 0 Å². The lowest BCUT2D eigenvalue weighted by atomic mass is 9.84. The van der Waals surface area contributed by atoms with Crippen molar-refractivity contribution >= 4 is 6.47 Å². The Morgan fingerprint density at radius 3 is 2.44 bits per heavy atom. The van der Waals surface area contributed by atoms with E-state index in [-0.39, 0.29) is 0 Å². The van der Waals surface area contributed by atoms with Crippen LogP contribution in [0, 0.1) is 0 Å². The van der Waals surface area contributed by atoms with Gasteiger partial charge in [-0.3, -0.25) is 4.79 Å². The van der Waals surface area contributed by atoms with Crippen molar-refractivity contribution in [3.05, 3.63) is 35.4 Å². The normalized spacial score (nSPS) is 17.0. The average Bonchev–Trinajstić information content (AvgIpc) is 2.38. The minimum absolute atomic E-state index is 0.383. The van der Waals surface area contributed by atoms with Crippen LogP contribution in [0.3, 0.4) is 0 Å². The van der Waals surface area contributed by atoms with Crippen molar-refractivity contribution in [2.24, 2.45) is 0 Å². The van der Waals surface area contributed by atoms with E-state index in [0.29, 0.717) is 13.1 Å². The molecule has 0 heterocycles. The lowest BCUT2D eigenvalue weighted by Gasteiger charge is -2.22. The first-order valence-electron chi connectivity index (χ1n) is 6.04. The lowest BCUT2D eigenvalue weighted by Crippen LogP contribution is -2.04. The van der Waals surface area contributed by atoms with E-state index in [4.69, 9.17) is 4.74 Å². The molecule has 1 aromatic carbocycles. The van der Waals surface area contributed by atoms with Gasteiger partial charge in [-0.05, 0) is 29.9 Å². The summed E-state index contributed by atoms with van der Waals surface area (Å²) < 4.78 is 4.72. The van der Waals surface area contributed by atoms with Crippen LogP contribution in [0.2, 0.25) is 0 Å².